The van der Waals surface area contributed by atoms with E-state index in [4.69, 9.17) is 0 Å². The second-order valence-corrected chi connectivity index (χ2v) is 6.22. The predicted molar refractivity (Wildman–Crippen MR) is 89.8 cm³/mol. The highest BCUT2D eigenvalue weighted by atomic mass is 32.1. The van der Waals surface area contributed by atoms with Crippen LogP contribution in [0.3, 0.4) is 0 Å². The number of hydrogen-bond acceptors (Lipinski definition) is 3. The lowest BCUT2D eigenvalue weighted by Crippen LogP contribution is -2.30. The van der Waals surface area contributed by atoms with Gasteiger partial charge in [-0.05, 0) is 30.5 Å². The van der Waals surface area contributed by atoms with Crippen molar-refractivity contribution in [2.75, 3.05) is 6.54 Å². The third-order valence-electron chi connectivity index (χ3n) is 3.68. The second kappa shape index (κ2) is 6.75. The highest BCUT2D eigenvalue weighted by Gasteiger charge is 2.13. The van der Waals surface area contributed by atoms with Crippen LogP contribution in [-0.2, 0) is 17.8 Å². The molecule has 5 heteroatoms. The van der Waals surface area contributed by atoms with Crippen LogP contribution < -0.4 is 0 Å². The van der Waals surface area contributed by atoms with Gasteiger partial charge in [0.1, 0.15) is 5.82 Å². The molecule has 0 bridgehead atoms. The summed E-state index contributed by atoms with van der Waals surface area (Å²) in [6, 6.07) is 12.0. The number of nitrogens with zero attached hydrogens (tertiary/aromatic N) is 2. The number of hydrogen-bond donors (Lipinski definition) is 1. The summed E-state index contributed by atoms with van der Waals surface area (Å²) >= 11 is 1.69. The zero-order valence-corrected chi connectivity index (χ0v) is 13.4. The maximum absolute atomic E-state index is 12.4. The monoisotopic (exact) mass is 313 g/mol. The van der Waals surface area contributed by atoms with E-state index in [-0.39, 0.29) is 5.91 Å². The van der Waals surface area contributed by atoms with Crippen molar-refractivity contribution in [3.63, 3.8) is 0 Å². The van der Waals surface area contributed by atoms with Gasteiger partial charge in [-0.25, -0.2) is 4.98 Å². The minimum Gasteiger partial charge on any atom is -0.342 e. The van der Waals surface area contributed by atoms with Crippen LogP contribution in [0.2, 0.25) is 0 Å². The van der Waals surface area contributed by atoms with E-state index in [1.54, 1.807) is 11.3 Å². The number of benzene rings is 1. The zero-order chi connectivity index (χ0) is 15.4. The quantitative estimate of drug-likeness (QED) is 0.756. The van der Waals surface area contributed by atoms with Gasteiger partial charge in [0, 0.05) is 24.3 Å². The molecule has 1 amide bonds. The average molecular weight is 313 g/mol. The molecule has 0 aliphatic rings. The summed E-state index contributed by atoms with van der Waals surface area (Å²) in [4.78, 5) is 23.3. The van der Waals surface area contributed by atoms with Gasteiger partial charge >= 0.3 is 0 Å². The molecule has 0 spiro atoms. The summed E-state index contributed by atoms with van der Waals surface area (Å²) in [5.41, 5.74) is 1.98. The van der Waals surface area contributed by atoms with Crippen LogP contribution in [0.1, 0.15) is 24.0 Å². The first-order valence-corrected chi connectivity index (χ1v) is 8.38. The highest BCUT2D eigenvalue weighted by molar-refractivity contribution is 7.09. The van der Waals surface area contributed by atoms with E-state index in [1.165, 1.54) is 4.88 Å². The first kappa shape index (κ1) is 14.8. The van der Waals surface area contributed by atoms with Crippen LogP contribution in [0, 0.1) is 0 Å². The molecule has 22 heavy (non-hydrogen) atoms. The van der Waals surface area contributed by atoms with Crippen molar-refractivity contribution in [3.05, 3.63) is 52.5 Å². The Labute approximate surface area is 133 Å². The molecule has 0 fully saturated rings. The molecule has 0 aliphatic heterocycles. The van der Waals surface area contributed by atoms with Crippen LogP contribution >= 0.6 is 11.3 Å². The van der Waals surface area contributed by atoms with E-state index in [0.29, 0.717) is 19.4 Å². The summed E-state index contributed by atoms with van der Waals surface area (Å²) < 4.78 is 0. The summed E-state index contributed by atoms with van der Waals surface area (Å²) in [5.74, 6) is 1.05. The number of aryl methyl sites for hydroxylation is 1. The topological polar surface area (TPSA) is 49.0 Å². The van der Waals surface area contributed by atoms with Gasteiger partial charge in [0.05, 0.1) is 17.6 Å². The maximum atomic E-state index is 12.4. The molecule has 1 N–H and O–H groups in total. The number of fused-ring (bicyclic) bond motifs is 1. The highest BCUT2D eigenvalue weighted by Crippen LogP contribution is 2.14. The van der Waals surface area contributed by atoms with Gasteiger partial charge in [-0.15, -0.1) is 11.3 Å². The first-order chi connectivity index (χ1) is 10.8. The Hall–Kier alpha value is -2.14. The molecule has 0 saturated carbocycles. The van der Waals surface area contributed by atoms with Crippen molar-refractivity contribution in [1.29, 1.82) is 0 Å². The van der Waals surface area contributed by atoms with Gasteiger partial charge in [0.25, 0.3) is 0 Å². The minimum absolute atomic E-state index is 0.177. The molecule has 1 aromatic carbocycles. The van der Waals surface area contributed by atoms with E-state index in [1.807, 2.05) is 47.5 Å². The molecular formula is C17H19N3OS. The lowest BCUT2D eigenvalue weighted by atomic mass is 10.2. The number of aromatic amines is 1. The standard InChI is InChI=1S/C17H19N3OS/c1-2-20(12-13-6-5-11-22-13)17(21)10-9-16-18-14-7-3-4-8-15(14)19-16/h3-8,11H,2,9-10,12H2,1H3,(H,18,19). The number of rotatable bonds is 6. The molecule has 0 saturated heterocycles. The fourth-order valence-corrected chi connectivity index (χ4v) is 3.19. The molecule has 3 rings (SSSR count). The van der Waals surface area contributed by atoms with Crippen LogP contribution in [0.25, 0.3) is 11.0 Å². The molecule has 0 atom stereocenters. The number of amides is 1. The van der Waals surface area contributed by atoms with Gasteiger partial charge in [-0.3, -0.25) is 4.79 Å². The number of para-hydroxylation sites is 2. The van der Waals surface area contributed by atoms with Crippen molar-refractivity contribution in [3.8, 4) is 0 Å². The lowest BCUT2D eigenvalue weighted by molar-refractivity contribution is -0.131. The van der Waals surface area contributed by atoms with Crippen LogP contribution in [0.15, 0.2) is 41.8 Å². The maximum Gasteiger partial charge on any atom is 0.223 e. The Balaban J connectivity index is 1.60. The SMILES string of the molecule is CCN(Cc1cccs1)C(=O)CCc1nc2ccccc2[nH]1. The summed E-state index contributed by atoms with van der Waals surface area (Å²) in [6.07, 6.45) is 1.13. The molecule has 0 radical (unpaired) electrons. The largest absolute Gasteiger partial charge is 0.342 e. The smallest absolute Gasteiger partial charge is 0.223 e. The Morgan fingerprint density at radius 2 is 2.14 bits per heavy atom. The minimum atomic E-state index is 0.177. The Morgan fingerprint density at radius 3 is 2.86 bits per heavy atom. The molecule has 0 aliphatic carbocycles. The van der Waals surface area contributed by atoms with Crippen molar-refractivity contribution >= 4 is 28.3 Å². The van der Waals surface area contributed by atoms with Crippen molar-refractivity contribution < 1.29 is 4.79 Å². The number of carbonyl (C=O) groups excluding carboxylic acids is 1. The van der Waals surface area contributed by atoms with Gasteiger partial charge in [0.15, 0.2) is 0 Å². The first-order valence-electron chi connectivity index (χ1n) is 7.50. The Kier molecular flexibility index (Phi) is 4.53. The number of imidazole rings is 1. The zero-order valence-electron chi connectivity index (χ0n) is 12.6. The average Bonchev–Trinajstić information content (AvgIpc) is 3.18. The van der Waals surface area contributed by atoms with Crippen LogP contribution in [0.5, 0.6) is 0 Å². The molecule has 2 heterocycles. The number of aromatic nitrogens is 2. The van der Waals surface area contributed by atoms with Gasteiger partial charge in [0.2, 0.25) is 5.91 Å². The van der Waals surface area contributed by atoms with Crippen molar-refractivity contribution in [1.82, 2.24) is 14.9 Å². The van der Waals surface area contributed by atoms with Gasteiger partial charge in [-0.2, -0.15) is 0 Å². The van der Waals surface area contributed by atoms with E-state index in [9.17, 15) is 4.79 Å². The van der Waals surface area contributed by atoms with E-state index < -0.39 is 0 Å². The molecule has 4 nitrogen and oxygen atoms in total. The number of carbonyl (C=O) groups is 1. The number of thiophene rings is 1. The van der Waals surface area contributed by atoms with Crippen molar-refractivity contribution in [2.24, 2.45) is 0 Å². The molecule has 114 valence electrons. The van der Waals surface area contributed by atoms with Gasteiger partial charge < -0.3 is 9.88 Å². The van der Waals surface area contributed by atoms with Crippen molar-refractivity contribution in [2.45, 2.75) is 26.3 Å². The van der Waals surface area contributed by atoms with E-state index >= 15 is 0 Å². The predicted octanol–water partition coefficient (Wildman–Crippen LogP) is 3.61. The molecule has 2 aromatic heterocycles. The fraction of sp³-hybridized carbons (Fsp3) is 0.294. The Morgan fingerprint density at radius 1 is 1.27 bits per heavy atom. The van der Waals surface area contributed by atoms with Crippen LogP contribution in [-0.4, -0.2) is 27.3 Å². The van der Waals surface area contributed by atoms with E-state index in [0.717, 1.165) is 23.4 Å². The van der Waals surface area contributed by atoms with Crippen LogP contribution in [0.4, 0.5) is 0 Å². The number of nitrogens with one attached hydrogen (secondary N) is 1. The second-order valence-electron chi connectivity index (χ2n) is 5.19. The van der Waals surface area contributed by atoms with E-state index in [2.05, 4.69) is 16.0 Å². The molecular weight excluding hydrogens is 294 g/mol. The molecule has 3 aromatic rings. The summed E-state index contributed by atoms with van der Waals surface area (Å²) in [5, 5.41) is 2.04. The summed E-state index contributed by atoms with van der Waals surface area (Å²) in [6.45, 7) is 3.46. The molecule has 0 unspecified atom stereocenters. The normalized spacial score (nSPS) is 11.0. The third-order valence-corrected chi connectivity index (χ3v) is 4.54. The Bertz CT molecular complexity index is 715. The third kappa shape index (κ3) is 3.36. The van der Waals surface area contributed by atoms with Gasteiger partial charge in [-0.1, -0.05) is 18.2 Å². The number of H-pyrrole nitrogens is 1. The summed E-state index contributed by atoms with van der Waals surface area (Å²) in [7, 11) is 0. The fourth-order valence-electron chi connectivity index (χ4n) is 2.47. The lowest BCUT2D eigenvalue weighted by Gasteiger charge is -2.19.